The van der Waals surface area contributed by atoms with Crippen LogP contribution in [0.25, 0.3) is 0 Å². The summed E-state index contributed by atoms with van der Waals surface area (Å²) in [5.41, 5.74) is 0. The van der Waals surface area contributed by atoms with Crippen molar-refractivity contribution in [3.63, 3.8) is 0 Å². The van der Waals surface area contributed by atoms with Crippen molar-refractivity contribution in [2.24, 2.45) is 0 Å². The summed E-state index contributed by atoms with van der Waals surface area (Å²) < 4.78 is 9.82. The van der Waals surface area contributed by atoms with Crippen LogP contribution in [0.1, 0.15) is 33.1 Å². The molecule has 1 rings (SSSR count). The second kappa shape index (κ2) is 4.25. The van der Waals surface area contributed by atoms with Crippen molar-refractivity contribution in [1.82, 2.24) is 0 Å². The number of carbonyl (C=O) groups excluding carboxylic acids is 2. The van der Waals surface area contributed by atoms with Gasteiger partial charge in [-0.25, -0.2) is 4.79 Å². The molecule has 4 heteroatoms. The van der Waals surface area contributed by atoms with E-state index in [0.29, 0.717) is 6.42 Å². The lowest BCUT2D eigenvalue weighted by molar-refractivity contribution is -0.177. The fourth-order valence-corrected chi connectivity index (χ4v) is 1.35. The summed E-state index contributed by atoms with van der Waals surface area (Å²) >= 11 is 0. The molecule has 1 fully saturated rings. The Labute approximate surface area is 77.2 Å². The monoisotopic (exact) mass is 186 g/mol. The third-order valence-electron chi connectivity index (χ3n) is 2.06. The summed E-state index contributed by atoms with van der Waals surface area (Å²) in [6.07, 6.45) is 1.50. The highest BCUT2D eigenvalue weighted by atomic mass is 16.6. The van der Waals surface area contributed by atoms with Crippen LogP contribution in [-0.4, -0.2) is 24.1 Å². The second-order valence-corrected chi connectivity index (χ2v) is 3.14. The van der Waals surface area contributed by atoms with Gasteiger partial charge in [0, 0.05) is 6.92 Å². The zero-order valence-electron chi connectivity index (χ0n) is 7.91. The molecular weight excluding hydrogens is 172 g/mol. The Bertz CT molecular complexity index is 212. The zero-order valence-corrected chi connectivity index (χ0v) is 7.91. The summed E-state index contributed by atoms with van der Waals surface area (Å²) in [5.74, 6) is -0.842. The molecule has 0 aromatic rings. The minimum absolute atomic E-state index is 0.000641. The van der Waals surface area contributed by atoms with Crippen molar-refractivity contribution in [2.75, 3.05) is 0 Å². The molecule has 1 aliphatic rings. The summed E-state index contributed by atoms with van der Waals surface area (Å²) in [6.45, 7) is 3.25. The van der Waals surface area contributed by atoms with Crippen molar-refractivity contribution in [2.45, 2.75) is 45.3 Å². The van der Waals surface area contributed by atoms with Crippen molar-refractivity contribution in [1.29, 1.82) is 0 Å². The van der Waals surface area contributed by atoms with Crippen LogP contribution in [0.15, 0.2) is 0 Å². The third-order valence-corrected chi connectivity index (χ3v) is 2.06. The summed E-state index contributed by atoms with van der Waals surface area (Å²) in [5, 5.41) is 0. The second-order valence-electron chi connectivity index (χ2n) is 3.14. The average Bonchev–Trinajstić information content (AvgIpc) is 2.08. The lowest BCUT2D eigenvalue weighted by Crippen LogP contribution is -2.37. The van der Waals surface area contributed by atoms with Crippen LogP contribution < -0.4 is 0 Å². The predicted molar refractivity (Wildman–Crippen MR) is 45.0 cm³/mol. The van der Waals surface area contributed by atoms with Crippen molar-refractivity contribution in [3.8, 4) is 0 Å². The lowest BCUT2D eigenvalue weighted by Gasteiger charge is -2.26. The topological polar surface area (TPSA) is 52.6 Å². The number of cyclic esters (lactones) is 1. The standard InChI is InChI=1S/C9H14O4/c1-3-7-4-5-8(9(11)13-7)12-6(2)10/h7-8H,3-5H2,1-2H3/t7-,8+/m1/s1. The molecule has 0 spiro atoms. The van der Waals surface area contributed by atoms with Gasteiger partial charge in [-0.15, -0.1) is 0 Å². The van der Waals surface area contributed by atoms with Gasteiger partial charge in [-0.3, -0.25) is 4.79 Å². The quantitative estimate of drug-likeness (QED) is 0.604. The maximum Gasteiger partial charge on any atom is 0.347 e. The minimum Gasteiger partial charge on any atom is -0.460 e. The van der Waals surface area contributed by atoms with E-state index in [1.165, 1.54) is 6.92 Å². The highest BCUT2D eigenvalue weighted by Gasteiger charge is 2.31. The molecular formula is C9H14O4. The van der Waals surface area contributed by atoms with Crippen LogP contribution in [-0.2, 0) is 19.1 Å². The van der Waals surface area contributed by atoms with Crippen LogP contribution in [0.5, 0.6) is 0 Å². The van der Waals surface area contributed by atoms with Crippen molar-refractivity contribution < 1.29 is 19.1 Å². The molecule has 4 nitrogen and oxygen atoms in total. The van der Waals surface area contributed by atoms with E-state index >= 15 is 0 Å². The average molecular weight is 186 g/mol. The maximum absolute atomic E-state index is 11.2. The van der Waals surface area contributed by atoms with Gasteiger partial charge in [0.1, 0.15) is 6.10 Å². The van der Waals surface area contributed by atoms with Gasteiger partial charge in [0.2, 0.25) is 0 Å². The Hall–Kier alpha value is -1.06. The molecule has 13 heavy (non-hydrogen) atoms. The Morgan fingerprint density at radius 3 is 2.77 bits per heavy atom. The Morgan fingerprint density at radius 2 is 2.31 bits per heavy atom. The molecule has 74 valence electrons. The Balaban J connectivity index is 2.44. The van der Waals surface area contributed by atoms with E-state index in [0.717, 1.165) is 12.8 Å². The fraction of sp³-hybridized carbons (Fsp3) is 0.778. The first kappa shape index (κ1) is 10.0. The van der Waals surface area contributed by atoms with Crippen LogP contribution in [0.2, 0.25) is 0 Å². The van der Waals surface area contributed by atoms with Crippen LogP contribution >= 0.6 is 0 Å². The summed E-state index contributed by atoms with van der Waals surface area (Å²) in [6, 6.07) is 0. The molecule has 0 bridgehead atoms. The number of carbonyl (C=O) groups is 2. The number of ether oxygens (including phenoxy) is 2. The highest BCUT2D eigenvalue weighted by molar-refractivity contribution is 5.79. The van der Waals surface area contributed by atoms with Gasteiger partial charge < -0.3 is 9.47 Å². The first-order chi connectivity index (χ1) is 6.13. The van der Waals surface area contributed by atoms with E-state index in [9.17, 15) is 9.59 Å². The van der Waals surface area contributed by atoms with E-state index in [1.807, 2.05) is 6.92 Å². The first-order valence-electron chi connectivity index (χ1n) is 4.51. The number of hydrogen-bond acceptors (Lipinski definition) is 4. The van der Waals surface area contributed by atoms with E-state index in [2.05, 4.69) is 0 Å². The molecule has 1 heterocycles. The van der Waals surface area contributed by atoms with E-state index in [-0.39, 0.29) is 6.10 Å². The predicted octanol–water partition coefficient (Wildman–Crippen LogP) is 1.03. The van der Waals surface area contributed by atoms with Gasteiger partial charge in [-0.05, 0) is 19.3 Å². The third kappa shape index (κ3) is 2.72. The fourth-order valence-electron chi connectivity index (χ4n) is 1.35. The molecule has 1 aliphatic heterocycles. The molecule has 1 saturated heterocycles. The molecule has 0 N–H and O–H groups in total. The molecule has 0 saturated carbocycles. The smallest absolute Gasteiger partial charge is 0.347 e. The first-order valence-corrected chi connectivity index (χ1v) is 4.51. The van der Waals surface area contributed by atoms with Gasteiger partial charge in [0.25, 0.3) is 0 Å². The SMILES string of the molecule is CC[C@@H]1CC[C@H](OC(C)=O)C(=O)O1. The molecule has 0 unspecified atom stereocenters. The highest BCUT2D eigenvalue weighted by Crippen LogP contribution is 2.19. The Kier molecular flexibility index (Phi) is 3.28. The van der Waals surface area contributed by atoms with E-state index < -0.39 is 18.0 Å². The molecule has 0 amide bonds. The summed E-state index contributed by atoms with van der Waals surface area (Å²) in [7, 11) is 0. The van der Waals surface area contributed by atoms with Gasteiger partial charge >= 0.3 is 11.9 Å². The normalized spacial score (nSPS) is 28.0. The molecule has 0 aromatic carbocycles. The molecule has 2 atom stereocenters. The van der Waals surface area contributed by atoms with Crippen molar-refractivity contribution in [3.05, 3.63) is 0 Å². The summed E-state index contributed by atoms with van der Waals surface area (Å²) in [4.78, 5) is 21.8. The number of hydrogen-bond donors (Lipinski definition) is 0. The zero-order chi connectivity index (χ0) is 9.84. The van der Waals surface area contributed by atoms with Crippen molar-refractivity contribution >= 4 is 11.9 Å². The van der Waals surface area contributed by atoms with Gasteiger partial charge in [0.15, 0.2) is 6.10 Å². The molecule has 0 aromatic heterocycles. The van der Waals surface area contributed by atoms with Gasteiger partial charge in [-0.1, -0.05) is 6.92 Å². The number of esters is 2. The van der Waals surface area contributed by atoms with E-state index in [4.69, 9.17) is 9.47 Å². The van der Waals surface area contributed by atoms with Crippen LogP contribution in [0.3, 0.4) is 0 Å². The Morgan fingerprint density at radius 1 is 1.62 bits per heavy atom. The van der Waals surface area contributed by atoms with Gasteiger partial charge in [-0.2, -0.15) is 0 Å². The van der Waals surface area contributed by atoms with Crippen LogP contribution in [0.4, 0.5) is 0 Å². The molecule has 0 radical (unpaired) electrons. The largest absolute Gasteiger partial charge is 0.460 e. The van der Waals surface area contributed by atoms with Gasteiger partial charge in [0.05, 0.1) is 0 Å². The molecule has 0 aliphatic carbocycles. The van der Waals surface area contributed by atoms with E-state index in [1.54, 1.807) is 0 Å². The maximum atomic E-state index is 11.2. The lowest BCUT2D eigenvalue weighted by atomic mass is 10.0. The van der Waals surface area contributed by atoms with Crippen LogP contribution in [0, 0.1) is 0 Å². The number of rotatable bonds is 2. The minimum atomic E-state index is -0.680.